The molecule has 30 nitrogen and oxygen atoms in total. The van der Waals surface area contributed by atoms with Crippen LogP contribution in [0.5, 0.6) is 0 Å². The number of carbonyl (C=O) groups is 6. The summed E-state index contributed by atoms with van der Waals surface area (Å²) in [6, 6.07) is 0. The summed E-state index contributed by atoms with van der Waals surface area (Å²) >= 11 is 0. The molecule has 0 unspecified atom stereocenters. The van der Waals surface area contributed by atoms with E-state index in [0.717, 1.165) is 18.2 Å². The third-order valence-corrected chi connectivity index (χ3v) is 13.9. The Morgan fingerprint density at radius 1 is 0.291 bits per heavy atom. The van der Waals surface area contributed by atoms with Gasteiger partial charge in [0, 0.05) is 16.7 Å². The van der Waals surface area contributed by atoms with E-state index in [2.05, 4.69) is 39.5 Å². The lowest BCUT2D eigenvalue weighted by molar-refractivity contribution is -0.127. The summed E-state index contributed by atoms with van der Waals surface area (Å²) in [4.78, 5) is 63.2. The van der Waals surface area contributed by atoms with E-state index in [-0.39, 0.29) is 81.7 Å². The van der Waals surface area contributed by atoms with Gasteiger partial charge in [-0.05, 0) is 80.4 Å². The van der Waals surface area contributed by atoms with Crippen LogP contribution in [-0.4, -0.2) is 167 Å². The Morgan fingerprint density at radius 2 is 0.384 bits per heavy atom. The second-order valence-corrected chi connectivity index (χ2v) is 30.9. The van der Waals surface area contributed by atoms with Crippen LogP contribution in [0.3, 0.4) is 0 Å². The van der Waals surface area contributed by atoms with Crippen molar-refractivity contribution < 1.29 is 120 Å². The minimum Gasteiger partial charge on any atom is -0.289 e. The Balaban J connectivity index is -0.0000000934. The number of imide groups is 3. The zero-order chi connectivity index (χ0) is 71.9. The average molecular weight is 1380 g/mol. The smallest absolute Gasteiger partial charge is 0.265 e. The van der Waals surface area contributed by atoms with Crippen molar-refractivity contribution >= 4 is 106 Å². The van der Waals surface area contributed by atoms with Crippen LogP contribution in [0.1, 0.15) is 118 Å². The van der Waals surface area contributed by atoms with E-state index in [4.69, 9.17) is 31.9 Å². The molecule has 0 bridgehead atoms. The lowest BCUT2D eigenvalue weighted by atomic mass is 10.3. The summed E-state index contributed by atoms with van der Waals surface area (Å²) in [6.07, 6.45) is 3.09. The molecular formula is C49H97N3O27S7. The monoisotopic (exact) mass is 1380 g/mol. The molecule has 0 aliphatic heterocycles. The summed E-state index contributed by atoms with van der Waals surface area (Å²) < 4.78 is 197. The third kappa shape index (κ3) is 134. The minimum absolute atomic E-state index is 0.00463. The molecule has 10 N–H and O–H groups in total. The molecular weight excluding hydrogens is 1290 g/mol. The van der Waals surface area contributed by atoms with Crippen molar-refractivity contribution in [2.75, 3.05) is 40.3 Å². The quantitative estimate of drug-likeness (QED) is 0.0573. The molecule has 0 saturated carbocycles. The van der Waals surface area contributed by atoms with Crippen LogP contribution >= 0.6 is 0 Å². The molecule has 0 aliphatic carbocycles. The van der Waals surface area contributed by atoms with E-state index in [1.807, 2.05) is 16.0 Å². The second-order valence-electron chi connectivity index (χ2n) is 20.4. The van der Waals surface area contributed by atoms with Gasteiger partial charge in [-0.2, -0.15) is 58.9 Å². The Labute approximate surface area is 512 Å². The van der Waals surface area contributed by atoms with Crippen molar-refractivity contribution in [2.24, 2.45) is 41.4 Å². The van der Waals surface area contributed by atoms with Gasteiger partial charge in [0.05, 0.1) is 40.3 Å². The highest BCUT2D eigenvalue weighted by Crippen LogP contribution is 1.99. The molecule has 86 heavy (non-hydrogen) atoms. The van der Waals surface area contributed by atoms with Crippen LogP contribution in [0.15, 0.2) is 74.4 Å². The van der Waals surface area contributed by atoms with Crippen molar-refractivity contribution in [3.63, 3.8) is 0 Å². The second kappa shape index (κ2) is 52.2. The number of nitrogens with one attached hydrogen (secondary N) is 3. The zero-order valence-corrected chi connectivity index (χ0v) is 57.8. The van der Waals surface area contributed by atoms with Crippen LogP contribution in [0, 0.1) is 41.4 Å². The fourth-order valence-corrected chi connectivity index (χ4v) is 9.65. The summed E-state index contributed by atoms with van der Waals surface area (Å²) in [5.41, 5.74) is 0.903. The molecule has 512 valence electrons. The fourth-order valence-electron chi connectivity index (χ4n) is 3.76. The number of hydrogen-bond donors (Lipinski definition) is 10. The van der Waals surface area contributed by atoms with Gasteiger partial charge in [0.15, 0.2) is 0 Å². The Bertz CT molecular complexity index is 2450. The van der Waals surface area contributed by atoms with Crippen LogP contribution in [-0.2, 0) is 99.6 Å². The maximum Gasteiger partial charge on any atom is 0.265 e. The summed E-state index contributed by atoms with van der Waals surface area (Å²) in [5.74, 6) is -3.91. The van der Waals surface area contributed by atoms with Gasteiger partial charge in [-0.15, -0.1) is 0 Å². The van der Waals surface area contributed by atoms with Gasteiger partial charge >= 0.3 is 0 Å². The molecule has 0 aliphatic rings. The molecule has 0 spiro atoms. The van der Waals surface area contributed by atoms with Gasteiger partial charge in [-0.25, -0.2) is 0 Å². The van der Waals surface area contributed by atoms with Crippen LogP contribution in [0.2, 0.25) is 0 Å². The van der Waals surface area contributed by atoms with Crippen molar-refractivity contribution in [3.8, 4) is 0 Å². The number of rotatable bonds is 20. The zero-order valence-electron chi connectivity index (χ0n) is 52.1. The normalized spacial score (nSPS) is 11.0. The molecule has 0 radical (unpaired) electrons. The summed E-state index contributed by atoms with van der Waals surface area (Å²) in [5, 5.41) is 6.10. The van der Waals surface area contributed by atoms with Crippen LogP contribution in [0.4, 0.5) is 0 Å². The summed E-state index contributed by atoms with van der Waals surface area (Å²) in [7, 11) is -26.1. The molecule has 0 aromatic carbocycles. The van der Waals surface area contributed by atoms with E-state index in [0.29, 0.717) is 16.7 Å². The lowest BCUT2D eigenvalue weighted by Gasteiger charge is -1.97. The van der Waals surface area contributed by atoms with Gasteiger partial charge in [-0.3, -0.25) is 76.6 Å². The third-order valence-electron chi connectivity index (χ3n) is 6.24. The standard InChI is InChI=1S/3C7H9NO2.7C4H10O3S/c3*1-4-6(9)8-7(10)5(2)3;7*1-4(2)3-8(5,6)7/h3*4H,1-2H2,3H3,(H,8,9,10);7*4H,3H2,1-2H3,(H,5,6,7). The maximum atomic E-state index is 10.6. The molecule has 0 rings (SSSR count). The molecule has 0 heterocycles. The van der Waals surface area contributed by atoms with Crippen molar-refractivity contribution in [1.82, 2.24) is 16.0 Å². The van der Waals surface area contributed by atoms with Crippen LogP contribution < -0.4 is 16.0 Å². The Morgan fingerprint density at radius 3 is 0.419 bits per heavy atom. The van der Waals surface area contributed by atoms with E-state index >= 15 is 0 Å². The topological polar surface area (TPSA) is 519 Å². The SMILES string of the molecule is C=CC(=O)NC(=O)C(=C)C.C=CC(=O)NC(=O)C(=C)C.C=CC(=O)NC(=O)C(=C)C.CC(C)CS(=O)(=O)O.CC(C)CS(=O)(=O)O.CC(C)CS(=O)(=O)O.CC(C)CS(=O)(=O)O.CC(C)CS(=O)(=O)O.CC(C)CS(=O)(=O)O.CC(C)CS(=O)(=O)O. The van der Waals surface area contributed by atoms with Crippen LogP contribution in [0.25, 0.3) is 0 Å². The Hall–Kier alpha value is -4.77. The molecule has 0 saturated heterocycles. The highest BCUT2D eigenvalue weighted by Gasteiger charge is 2.11. The number of amides is 6. The molecule has 0 aromatic heterocycles. The van der Waals surface area contributed by atoms with Gasteiger partial charge in [0.1, 0.15) is 0 Å². The molecule has 37 heteroatoms. The van der Waals surface area contributed by atoms with Crippen molar-refractivity contribution in [2.45, 2.75) is 118 Å². The van der Waals surface area contributed by atoms with E-state index < -0.39 is 106 Å². The van der Waals surface area contributed by atoms with Gasteiger partial charge < -0.3 is 0 Å². The molecule has 0 fully saturated rings. The highest BCUT2D eigenvalue weighted by molar-refractivity contribution is 7.87. The highest BCUT2D eigenvalue weighted by atomic mass is 32.2. The summed E-state index contributed by atoms with van der Waals surface area (Å²) in [6.45, 7) is 48.3. The molecule has 0 aromatic rings. The first kappa shape index (κ1) is 103. The lowest BCUT2D eigenvalue weighted by Crippen LogP contribution is -2.28. The Kier molecular flexibility index (Phi) is 62.5. The largest absolute Gasteiger partial charge is 0.289 e. The van der Waals surface area contributed by atoms with Gasteiger partial charge in [-0.1, -0.05) is 136 Å². The minimum atomic E-state index is -3.72. The fraction of sp³-hybridized carbons (Fsp3) is 0.633. The number of carbonyl (C=O) groups excluding carboxylic acids is 6. The first-order chi connectivity index (χ1) is 37.6. The van der Waals surface area contributed by atoms with Gasteiger partial charge in [0.25, 0.3) is 88.5 Å². The van der Waals surface area contributed by atoms with Gasteiger partial charge in [0.2, 0.25) is 17.7 Å². The number of hydrogen-bond acceptors (Lipinski definition) is 20. The predicted molar refractivity (Wildman–Crippen MR) is 333 cm³/mol. The van der Waals surface area contributed by atoms with E-state index in [1.54, 1.807) is 96.9 Å². The first-order valence-electron chi connectivity index (χ1n) is 24.7. The van der Waals surface area contributed by atoms with Crippen molar-refractivity contribution in [3.05, 3.63) is 74.4 Å². The van der Waals surface area contributed by atoms with E-state index in [9.17, 15) is 87.7 Å². The first-order valence-corrected chi connectivity index (χ1v) is 36.0. The average Bonchev–Trinajstić information content (AvgIpc) is 3.19. The van der Waals surface area contributed by atoms with Crippen molar-refractivity contribution in [1.29, 1.82) is 0 Å². The predicted octanol–water partition coefficient (Wildman–Crippen LogP) is 4.89. The maximum absolute atomic E-state index is 10.6. The molecule has 0 atom stereocenters. The molecule has 6 amide bonds. The van der Waals surface area contributed by atoms with E-state index in [1.165, 1.54) is 20.8 Å².